The molecule has 5 nitrogen and oxygen atoms in total. The Balaban J connectivity index is 1.42. The highest BCUT2D eigenvalue weighted by atomic mass is 32.2. The highest BCUT2D eigenvalue weighted by Gasteiger charge is 2.58. The third-order valence-corrected chi connectivity index (χ3v) is 9.58. The van der Waals surface area contributed by atoms with E-state index in [2.05, 4.69) is 11.6 Å². The predicted molar refractivity (Wildman–Crippen MR) is 118 cm³/mol. The van der Waals surface area contributed by atoms with E-state index >= 15 is 0 Å². The average Bonchev–Trinajstić information content (AvgIpc) is 3.03. The number of hydrogen-bond donors (Lipinski definition) is 2. The molecular weight excluding hydrogens is 410 g/mol. The van der Waals surface area contributed by atoms with Crippen molar-refractivity contribution in [1.29, 1.82) is 0 Å². The van der Waals surface area contributed by atoms with Gasteiger partial charge in [-0.25, -0.2) is 13.1 Å². The number of Topliss-reactive ketones (excluding diaryl/α,β-unsaturated/α-hetero) is 1. The monoisotopic (exact) mass is 439 g/mol. The number of benzene rings is 2. The zero-order valence-electron chi connectivity index (χ0n) is 17.8. The van der Waals surface area contributed by atoms with Crippen molar-refractivity contribution in [3.8, 4) is 5.75 Å². The van der Waals surface area contributed by atoms with Crippen molar-refractivity contribution >= 4 is 15.8 Å². The Hall–Kier alpha value is -2.18. The Morgan fingerprint density at radius 2 is 1.90 bits per heavy atom. The minimum absolute atomic E-state index is 0.0162. The van der Waals surface area contributed by atoms with E-state index in [1.807, 2.05) is 12.1 Å². The second-order valence-electron chi connectivity index (χ2n) is 9.73. The molecular formula is C25H29NO4S. The van der Waals surface area contributed by atoms with E-state index in [1.165, 1.54) is 11.1 Å². The van der Waals surface area contributed by atoms with E-state index < -0.39 is 10.0 Å². The highest BCUT2D eigenvalue weighted by Crippen LogP contribution is 2.61. The zero-order valence-corrected chi connectivity index (χ0v) is 18.6. The Morgan fingerprint density at radius 3 is 2.68 bits per heavy atom. The van der Waals surface area contributed by atoms with Gasteiger partial charge >= 0.3 is 0 Å². The molecule has 0 bridgehead atoms. The van der Waals surface area contributed by atoms with Crippen molar-refractivity contribution in [2.75, 3.05) is 6.54 Å². The van der Waals surface area contributed by atoms with Crippen LogP contribution in [0.4, 0.5) is 0 Å². The molecule has 0 aliphatic heterocycles. The minimum atomic E-state index is -3.59. The predicted octanol–water partition coefficient (Wildman–Crippen LogP) is 4.02. The Morgan fingerprint density at radius 1 is 1.13 bits per heavy atom. The van der Waals surface area contributed by atoms with E-state index in [0.717, 1.165) is 25.7 Å². The maximum Gasteiger partial charge on any atom is 0.240 e. The van der Waals surface area contributed by atoms with Crippen molar-refractivity contribution in [1.82, 2.24) is 4.72 Å². The fraction of sp³-hybridized carbons (Fsp3) is 0.480. The molecule has 0 unspecified atom stereocenters. The van der Waals surface area contributed by atoms with Crippen LogP contribution in [-0.4, -0.2) is 25.9 Å². The van der Waals surface area contributed by atoms with Crippen molar-refractivity contribution in [2.45, 2.75) is 49.8 Å². The molecule has 2 aromatic carbocycles. The molecule has 0 aromatic heterocycles. The lowest BCUT2D eigenvalue weighted by Gasteiger charge is -2.49. The largest absolute Gasteiger partial charge is 0.508 e. The van der Waals surface area contributed by atoms with Gasteiger partial charge in [0.05, 0.1) is 4.90 Å². The topological polar surface area (TPSA) is 83.5 Å². The van der Waals surface area contributed by atoms with Gasteiger partial charge in [0.15, 0.2) is 0 Å². The maximum absolute atomic E-state index is 13.1. The van der Waals surface area contributed by atoms with Crippen LogP contribution in [0.2, 0.25) is 0 Å². The van der Waals surface area contributed by atoms with Crippen LogP contribution in [0.5, 0.6) is 5.75 Å². The van der Waals surface area contributed by atoms with Crippen LogP contribution in [0.3, 0.4) is 0 Å². The van der Waals surface area contributed by atoms with E-state index in [4.69, 9.17) is 0 Å². The first kappa shape index (κ1) is 20.7. The third-order valence-electron chi connectivity index (χ3n) is 8.14. The molecule has 3 aliphatic carbocycles. The summed E-state index contributed by atoms with van der Waals surface area (Å²) in [7, 11) is -3.59. The van der Waals surface area contributed by atoms with Crippen LogP contribution >= 0.6 is 0 Å². The van der Waals surface area contributed by atoms with Crippen LogP contribution in [-0.2, 0) is 21.2 Å². The smallest absolute Gasteiger partial charge is 0.240 e. The number of aryl methyl sites for hydroxylation is 1. The first-order chi connectivity index (χ1) is 14.8. The number of carbonyl (C=O) groups is 1. The Bertz CT molecular complexity index is 1110. The molecule has 0 amide bonds. The number of phenolic OH excluding ortho intramolecular Hbond substituents is 1. The van der Waals surface area contributed by atoms with Gasteiger partial charge in [-0.2, -0.15) is 0 Å². The van der Waals surface area contributed by atoms with Crippen molar-refractivity contribution in [3.63, 3.8) is 0 Å². The standard InChI is InChI=1S/C25H29NO4S/c1-25-12-11-21-20-10-8-18(27)13-16(20)7-9-22(21)24(25)17(14-23(25)28)15-26-31(29,30)19-5-3-2-4-6-19/h2-6,8,10,13,17,21-22,24,26-27H,7,9,11-12,14-15H2,1H3/t17-,21-,22-,24+,25-/m1/s1. The van der Waals surface area contributed by atoms with Crippen LogP contribution in [0.1, 0.15) is 49.7 Å². The van der Waals surface area contributed by atoms with Gasteiger partial charge in [0.1, 0.15) is 11.5 Å². The van der Waals surface area contributed by atoms with Crippen LogP contribution in [0.25, 0.3) is 0 Å². The summed E-state index contributed by atoms with van der Waals surface area (Å²) in [5, 5.41) is 9.88. The van der Waals surface area contributed by atoms with Gasteiger partial charge in [-0.3, -0.25) is 4.79 Å². The van der Waals surface area contributed by atoms with Gasteiger partial charge in [-0.15, -0.1) is 0 Å². The summed E-state index contributed by atoms with van der Waals surface area (Å²) in [4.78, 5) is 13.3. The van der Waals surface area contributed by atoms with Gasteiger partial charge in [-0.05, 0) is 84.7 Å². The molecule has 0 saturated heterocycles. The second-order valence-corrected chi connectivity index (χ2v) is 11.5. The summed E-state index contributed by atoms with van der Waals surface area (Å²) in [6, 6.07) is 14.1. The molecule has 5 atom stereocenters. The van der Waals surface area contributed by atoms with Crippen molar-refractivity contribution < 1.29 is 18.3 Å². The van der Waals surface area contributed by atoms with E-state index in [-0.39, 0.29) is 27.9 Å². The van der Waals surface area contributed by atoms with Gasteiger partial charge < -0.3 is 5.11 Å². The van der Waals surface area contributed by atoms with E-state index in [1.54, 1.807) is 36.4 Å². The summed E-state index contributed by atoms with van der Waals surface area (Å²) in [6.45, 7) is 2.41. The number of fused-ring (bicyclic) bond motifs is 5. The van der Waals surface area contributed by atoms with E-state index in [9.17, 15) is 18.3 Å². The number of ketones is 1. The first-order valence-electron chi connectivity index (χ1n) is 11.2. The summed E-state index contributed by atoms with van der Waals surface area (Å²) in [6.07, 6.45) is 4.15. The number of aromatic hydroxyl groups is 1. The summed E-state index contributed by atoms with van der Waals surface area (Å²) in [5.74, 6) is 1.54. The molecule has 0 spiro atoms. The minimum Gasteiger partial charge on any atom is -0.508 e. The third kappa shape index (κ3) is 3.40. The molecule has 164 valence electrons. The molecule has 2 saturated carbocycles. The molecule has 2 fully saturated rings. The second kappa shape index (κ2) is 7.45. The van der Waals surface area contributed by atoms with Gasteiger partial charge in [0.2, 0.25) is 10.0 Å². The summed E-state index contributed by atoms with van der Waals surface area (Å²) >= 11 is 0. The van der Waals surface area contributed by atoms with Crippen molar-refractivity contribution in [3.05, 3.63) is 59.7 Å². The number of phenols is 1. The maximum atomic E-state index is 13.1. The number of carbonyl (C=O) groups excluding carboxylic acids is 1. The summed E-state index contributed by atoms with van der Waals surface area (Å²) in [5.41, 5.74) is 2.16. The fourth-order valence-corrected chi connectivity index (χ4v) is 7.83. The number of hydrogen-bond acceptors (Lipinski definition) is 4. The molecule has 2 aromatic rings. The Kier molecular flexibility index (Phi) is 4.98. The Labute approximate surface area is 183 Å². The normalized spacial score (nSPS) is 32.2. The fourth-order valence-electron chi connectivity index (χ4n) is 6.71. The first-order valence-corrected chi connectivity index (χ1v) is 12.7. The molecule has 5 rings (SSSR count). The lowest BCUT2D eigenvalue weighted by Crippen LogP contribution is -2.46. The van der Waals surface area contributed by atoms with Gasteiger partial charge in [0, 0.05) is 18.4 Å². The molecule has 0 radical (unpaired) electrons. The van der Waals surface area contributed by atoms with Crippen LogP contribution in [0, 0.1) is 23.2 Å². The lowest BCUT2D eigenvalue weighted by atomic mass is 9.54. The van der Waals surface area contributed by atoms with Crippen LogP contribution in [0.15, 0.2) is 53.4 Å². The SMILES string of the molecule is C[C@]12CC[C@@H]3c4ccc(O)cc4CC[C@H]3[C@@H]1[C@@H](CNS(=O)(=O)c1ccccc1)CC2=O. The number of rotatable bonds is 4. The summed E-state index contributed by atoms with van der Waals surface area (Å²) < 4.78 is 28.3. The number of sulfonamides is 1. The van der Waals surface area contributed by atoms with E-state index in [0.29, 0.717) is 30.6 Å². The average molecular weight is 440 g/mol. The zero-order chi connectivity index (χ0) is 21.8. The van der Waals surface area contributed by atoms with Crippen molar-refractivity contribution in [2.24, 2.45) is 23.2 Å². The lowest BCUT2D eigenvalue weighted by molar-refractivity contribution is -0.129. The van der Waals surface area contributed by atoms with Gasteiger partial charge in [-0.1, -0.05) is 31.2 Å². The molecule has 0 heterocycles. The molecule has 2 N–H and O–H groups in total. The quantitative estimate of drug-likeness (QED) is 0.754. The van der Waals surface area contributed by atoms with Gasteiger partial charge in [0.25, 0.3) is 0 Å². The van der Waals surface area contributed by atoms with Crippen LogP contribution < -0.4 is 4.72 Å². The highest BCUT2D eigenvalue weighted by molar-refractivity contribution is 7.89. The molecule has 3 aliphatic rings. The number of nitrogens with one attached hydrogen (secondary N) is 1. The molecule has 6 heteroatoms. The molecule has 31 heavy (non-hydrogen) atoms.